The van der Waals surface area contributed by atoms with Gasteiger partial charge in [-0.05, 0) is 57.8 Å². The second-order valence-electron chi connectivity index (χ2n) is 11.7. The maximum absolute atomic E-state index is 2.45. The van der Waals surface area contributed by atoms with Gasteiger partial charge in [-0.2, -0.15) is 0 Å². The number of anilines is 3. The maximum atomic E-state index is 2.45. The highest BCUT2D eigenvalue weighted by atomic mass is 32.1. The van der Waals surface area contributed by atoms with Crippen LogP contribution in [0, 0.1) is 0 Å². The number of rotatable bonds is 5. The van der Waals surface area contributed by atoms with E-state index in [1.54, 1.807) is 0 Å². The van der Waals surface area contributed by atoms with Gasteiger partial charge in [0.25, 0.3) is 0 Å². The Morgan fingerprint density at radius 3 is 1.78 bits per heavy atom. The number of benzene rings is 8. The van der Waals surface area contributed by atoms with Gasteiger partial charge in [0.15, 0.2) is 0 Å². The van der Waals surface area contributed by atoms with E-state index in [-0.39, 0.29) is 0 Å². The van der Waals surface area contributed by atoms with Crippen molar-refractivity contribution in [2.45, 2.75) is 0 Å². The van der Waals surface area contributed by atoms with Crippen molar-refractivity contribution in [3.63, 3.8) is 0 Å². The smallest absolute Gasteiger partial charge is 0.0540 e. The molecule has 1 nitrogen and oxygen atoms in total. The average molecular weight is 604 g/mol. The molecule has 1 aromatic heterocycles. The molecule has 0 bridgehead atoms. The zero-order valence-corrected chi connectivity index (χ0v) is 25.9. The molecule has 0 amide bonds. The molecule has 0 unspecified atom stereocenters. The summed E-state index contributed by atoms with van der Waals surface area (Å²) in [5.41, 5.74) is 8.39. The first-order chi connectivity index (χ1) is 22.8. The lowest BCUT2D eigenvalue weighted by Gasteiger charge is -2.29. The fourth-order valence-corrected chi connectivity index (χ4v) is 8.18. The van der Waals surface area contributed by atoms with Gasteiger partial charge in [0.05, 0.1) is 11.4 Å². The van der Waals surface area contributed by atoms with Crippen molar-refractivity contribution in [3.8, 4) is 22.3 Å². The first kappa shape index (κ1) is 26.7. The van der Waals surface area contributed by atoms with Crippen molar-refractivity contribution >= 4 is 70.1 Å². The number of nitrogens with zero attached hydrogens (tertiary/aromatic N) is 1. The largest absolute Gasteiger partial charge is 0.309 e. The Kier molecular flexibility index (Phi) is 6.40. The van der Waals surface area contributed by atoms with Gasteiger partial charge < -0.3 is 4.90 Å². The molecule has 46 heavy (non-hydrogen) atoms. The molecule has 0 saturated carbocycles. The molecule has 216 valence electrons. The molecule has 8 aromatic carbocycles. The zero-order valence-electron chi connectivity index (χ0n) is 25.1. The Morgan fingerprint density at radius 1 is 0.370 bits per heavy atom. The van der Waals surface area contributed by atoms with Crippen molar-refractivity contribution in [3.05, 3.63) is 176 Å². The van der Waals surface area contributed by atoms with E-state index >= 15 is 0 Å². The van der Waals surface area contributed by atoms with Crippen LogP contribution in [0.15, 0.2) is 176 Å². The Bertz CT molecular complexity index is 2520. The van der Waals surface area contributed by atoms with E-state index in [1.807, 2.05) is 11.3 Å². The van der Waals surface area contributed by atoms with Crippen LogP contribution in [0.4, 0.5) is 17.1 Å². The maximum Gasteiger partial charge on any atom is 0.0540 e. The quantitative estimate of drug-likeness (QED) is 0.189. The molecular formula is C44H29NS. The normalized spacial score (nSPS) is 11.5. The van der Waals surface area contributed by atoms with Crippen LogP contribution >= 0.6 is 11.3 Å². The summed E-state index contributed by atoms with van der Waals surface area (Å²) in [7, 11) is 0. The Labute approximate surface area is 272 Å². The minimum Gasteiger partial charge on any atom is -0.309 e. The molecule has 0 aliphatic heterocycles. The minimum absolute atomic E-state index is 1.14. The van der Waals surface area contributed by atoms with Crippen LogP contribution in [0.5, 0.6) is 0 Å². The summed E-state index contributed by atoms with van der Waals surface area (Å²) < 4.78 is 2.62. The summed E-state index contributed by atoms with van der Waals surface area (Å²) in [5, 5.41) is 7.66. The highest BCUT2D eigenvalue weighted by molar-refractivity contribution is 7.26. The van der Waals surface area contributed by atoms with Gasteiger partial charge in [-0.3, -0.25) is 0 Å². The van der Waals surface area contributed by atoms with E-state index in [4.69, 9.17) is 0 Å². The molecule has 2 heteroatoms. The minimum atomic E-state index is 1.14. The summed E-state index contributed by atoms with van der Waals surface area (Å²) in [6.45, 7) is 0. The van der Waals surface area contributed by atoms with Gasteiger partial charge in [0.1, 0.15) is 0 Å². The Morgan fingerprint density at radius 2 is 0.978 bits per heavy atom. The van der Waals surface area contributed by atoms with Crippen LogP contribution in [0.3, 0.4) is 0 Å². The standard InChI is InChI=1S/C44H29NS/c1-3-14-30(15-4-1)34-21-11-12-24-41(34)45(42-25-13-19-31-18-7-8-20-35(31)42)33-26-27-37-40-29-39(32-16-5-2-6-17-32)36-22-9-10-23-38(36)44(40)46-43(37)28-33/h1-29H. The molecule has 0 fully saturated rings. The fraction of sp³-hybridized carbons (Fsp3) is 0. The summed E-state index contributed by atoms with van der Waals surface area (Å²) in [5.74, 6) is 0. The lowest BCUT2D eigenvalue weighted by atomic mass is 9.95. The predicted molar refractivity (Wildman–Crippen MR) is 200 cm³/mol. The van der Waals surface area contributed by atoms with E-state index < -0.39 is 0 Å². The zero-order chi connectivity index (χ0) is 30.5. The van der Waals surface area contributed by atoms with Crippen LogP contribution in [0.1, 0.15) is 0 Å². The average Bonchev–Trinajstić information content (AvgIpc) is 3.51. The van der Waals surface area contributed by atoms with Crippen LogP contribution in [0.2, 0.25) is 0 Å². The third-order valence-corrected chi connectivity index (χ3v) is 10.2. The number of thiophene rings is 1. The van der Waals surface area contributed by atoms with Gasteiger partial charge in [0, 0.05) is 42.2 Å². The second-order valence-corrected chi connectivity index (χ2v) is 12.8. The highest BCUT2D eigenvalue weighted by Crippen LogP contribution is 2.47. The molecule has 1 heterocycles. The molecule has 0 N–H and O–H groups in total. The number of fused-ring (bicyclic) bond motifs is 6. The summed E-state index contributed by atoms with van der Waals surface area (Å²) in [6, 6.07) is 63.8. The predicted octanol–water partition coefficient (Wildman–Crippen LogP) is 13.2. The van der Waals surface area contributed by atoms with E-state index in [0.29, 0.717) is 0 Å². The Balaban J connectivity index is 1.31. The van der Waals surface area contributed by atoms with Gasteiger partial charge in [-0.15, -0.1) is 11.3 Å². The van der Waals surface area contributed by atoms with Crippen molar-refractivity contribution in [1.82, 2.24) is 0 Å². The number of hydrogen-bond acceptors (Lipinski definition) is 2. The third-order valence-electron chi connectivity index (χ3n) is 9.04. The molecular weight excluding hydrogens is 575 g/mol. The van der Waals surface area contributed by atoms with Crippen molar-refractivity contribution < 1.29 is 0 Å². The van der Waals surface area contributed by atoms with E-state index in [0.717, 1.165) is 11.4 Å². The third kappa shape index (κ3) is 4.38. The second kappa shape index (κ2) is 11.0. The molecule has 9 rings (SSSR count). The van der Waals surface area contributed by atoms with Gasteiger partial charge in [0.2, 0.25) is 0 Å². The van der Waals surface area contributed by atoms with Crippen LogP contribution in [0.25, 0.3) is 64.0 Å². The molecule has 0 aliphatic rings. The monoisotopic (exact) mass is 603 g/mol. The topological polar surface area (TPSA) is 3.24 Å². The van der Waals surface area contributed by atoms with Gasteiger partial charge in [-0.25, -0.2) is 0 Å². The molecule has 0 aliphatic carbocycles. The first-order valence-corrected chi connectivity index (χ1v) is 16.5. The van der Waals surface area contributed by atoms with E-state index in [2.05, 4.69) is 181 Å². The van der Waals surface area contributed by atoms with Crippen LogP contribution in [-0.4, -0.2) is 0 Å². The van der Waals surface area contributed by atoms with Crippen LogP contribution < -0.4 is 4.90 Å². The fourth-order valence-electron chi connectivity index (χ4n) is 6.92. The first-order valence-electron chi connectivity index (χ1n) is 15.7. The van der Waals surface area contributed by atoms with Crippen molar-refractivity contribution in [1.29, 1.82) is 0 Å². The van der Waals surface area contributed by atoms with Gasteiger partial charge in [-0.1, -0.05) is 146 Å². The highest BCUT2D eigenvalue weighted by Gasteiger charge is 2.21. The van der Waals surface area contributed by atoms with E-state index in [1.165, 1.54) is 69.7 Å². The molecule has 9 aromatic rings. The summed E-state index contributed by atoms with van der Waals surface area (Å²) in [4.78, 5) is 2.45. The SMILES string of the molecule is c1ccc(-c2ccccc2N(c2ccc3c(c2)sc2c4ccccc4c(-c4ccccc4)cc32)c2cccc3ccccc23)cc1. The number of para-hydroxylation sites is 1. The molecule has 0 atom stereocenters. The van der Waals surface area contributed by atoms with Crippen molar-refractivity contribution in [2.24, 2.45) is 0 Å². The Hall–Kier alpha value is -5.70. The number of hydrogen-bond donors (Lipinski definition) is 0. The van der Waals surface area contributed by atoms with Crippen LogP contribution in [-0.2, 0) is 0 Å². The molecule has 0 saturated heterocycles. The van der Waals surface area contributed by atoms with E-state index in [9.17, 15) is 0 Å². The summed E-state index contributed by atoms with van der Waals surface area (Å²) >= 11 is 1.89. The lowest BCUT2D eigenvalue weighted by molar-refractivity contribution is 1.30. The summed E-state index contributed by atoms with van der Waals surface area (Å²) in [6.07, 6.45) is 0. The van der Waals surface area contributed by atoms with Gasteiger partial charge >= 0.3 is 0 Å². The molecule has 0 radical (unpaired) electrons. The lowest BCUT2D eigenvalue weighted by Crippen LogP contribution is -2.11. The molecule has 0 spiro atoms. The van der Waals surface area contributed by atoms with Crippen molar-refractivity contribution in [2.75, 3.05) is 4.90 Å².